The monoisotopic (exact) mass is 784 g/mol. The number of benzene rings is 3. The number of carbonyl (C=O) groups is 4. The number of carbonyl (C=O) groups excluding carboxylic acids is 4. The molecule has 0 bridgehead atoms. The molecular weight excluding hydrogens is 766 g/mol. The van der Waals surface area contributed by atoms with Gasteiger partial charge in [0.1, 0.15) is 5.69 Å². The molecule has 0 aromatic heterocycles. The van der Waals surface area contributed by atoms with E-state index in [2.05, 4.69) is 15.9 Å². The third-order valence-electron chi connectivity index (χ3n) is 9.87. The minimum Gasteiger partial charge on any atom is -0.504 e. The van der Waals surface area contributed by atoms with Crippen LogP contribution in [-0.2, 0) is 19.2 Å². The Labute approximate surface area is 292 Å². The van der Waals surface area contributed by atoms with Crippen LogP contribution in [0.2, 0.25) is 0 Å². The number of para-hydroxylation sites is 1. The molecule has 254 valence electrons. The van der Waals surface area contributed by atoms with Crippen molar-refractivity contribution in [2.24, 2.45) is 17.8 Å². The summed E-state index contributed by atoms with van der Waals surface area (Å²) in [6, 6.07) is 10.4. The zero-order valence-electron chi connectivity index (χ0n) is 24.7. The molecule has 1 saturated carbocycles. The van der Waals surface area contributed by atoms with Gasteiger partial charge in [-0.3, -0.25) is 24.1 Å². The Morgan fingerprint density at radius 1 is 0.837 bits per heavy atom. The molecule has 3 aromatic carbocycles. The maximum atomic E-state index is 15.2. The second-order valence-corrected chi connectivity index (χ2v) is 14.2. The van der Waals surface area contributed by atoms with Crippen LogP contribution in [0, 0.1) is 46.8 Å². The van der Waals surface area contributed by atoms with Gasteiger partial charge in [0, 0.05) is 16.0 Å². The van der Waals surface area contributed by atoms with Gasteiger partial charge in [0.05, 0.1) is 24.6 Å². The highest BCUT2D eigenvalue weighted by Gasteiger charge is 2.77. The standard InChI is InChI=1S/C33H20BrCl2F5N2O6/c1-49-18-4-2-3-16(27(18)44)20-14-9-10-15-19(29(46)42(28(15)45)13-7-5-12(34)6-8-13)17(14)11-32(35)30(47)43(31(48)33(20,32)36)26-24(40)22(38)21(37)23(39)25(26)41/h2-9,15,17,19-20,44H,10-11H2,1H3. The van der Waals surface area contributed by atoms with E-state index in [4.69, 9.17) is 27.9 Å². The number of aromatic hydroxyl groups is 1. The van der Waals surface area contributed by atoms with Crippen LogP contribution in [0.1, 0.15) is 24.3 Å². The molecular formula is C33H20BrCl2F5N2O6. The molecule has 7 rings (SSSR count). The number of rotatable bonds is 4. The summed E-state index contributed by atoms with van der Waals surface area (Å²) in [6.45, 7) is 0. The molecule has 2 heterocycles. The Bertz CT molecular complexity index is 2040. The molecule has 1 N–H and O–H groups in total. The minimum absolute atomic E-state index is 0.0545. The number of ether oxygens (including phenoxy) is 1. The number of phenols is 1. The Morgan fingerprint density at radius 2 is 1.45 bits per heavy atom. The summed E-state index contributed by atoms with van der Waals surface area (Å²) in [4.78, 5) is 51.7. The van der Waals surface area contributed by atoms with Gasteiger partial charge >= 0.3 is 0 Å². The number of halogens is 8. The lowest BCUT2D eigenvalue weighted by molar-refractivity contribution is -0.125. The topological polar surface area (TPSA) is 104 Å². The average molecular weight is 786 g/mol. The van der Waals surface area contributed by atoms with Crippen molar-refractivity contribution in [3.05, 3.63) is 93.2 Å². The first-order valence-electron chi connectivity index (χ1n) is 14.6. The zero-order chi connectivity index (χ0) is 35.5. The summed E-state index contributed by atoms with van der Waals surface area (Å²) in [5, 5.41) is 11.3. The highest BCUT2D eigenvalue weighted by molar-refractivity contribution is 9.10. The number of imide groups is 2. The predicted octanol–water partition coefficient (Wildman–Crippen LogP) is 6.63. The Morgan fingerprint density at radius 3 is 2.06 bits per heavy atom. The first-order valence-corrected chi connectivity index (χ1v) is 16.1. The van der Waals surface area contributed by atoms with Crippen LogP contribution in [0.4, 0.5) is 33.3 Å². The van der Waals surface area contributed by atoms with Gasteiger partial charge in [-0.2, -0.15) is 0 Å². The number of allylic oxidation sites excluding steroid dienone is 2. The summed E-state index contributed by atoms with van der Waals surface area (Å²) in [6.07, 6.45) is 0.808. The molecule has 4 amide bonds. The van der Waals surface area contributed by atoms with Crippen LogP contribution in [-0.4, -0.2) is 45.6 Å². The second kappa shape index (κ2) is 11.3. The number of fused-ring (bicyclic) bond motifs is 4. The van der Waals surface area contributed by atoms with Crippen LogP contribution in [0.15, 0.2) is 58.6 Å². The minimum atomic E-state index is -2.78. The van der Waals surface area contributed by atoms with Crippen LogP contribution < -0.4 is 14.5 Å². The molecule has 3 fully saturated rings. The van der Waals surface area contributed by atoms with E-state index < -0.39 is 104 Å². The van der Waals surface area contributed by atoms with Gasteiger partial charge in [-0.05, 0) is 49.1 Å². The average Bonchev–Trinajstić information content (AvgIpc) is 3.42. The molecule has 6 atom stereocenters. The molecule has 2 aliphatic heterocycles. The normalized spacial score (nSPS) is 29.2. The van der Waals surface area contributed by atoms with Gasteiger partial charge in [-0.15, -0.1) is 23.2 Å². The lowest BCUT2D eigenvalue weighted by Crippen LogP contribution is -2.60. The molecule has 0 radical (unpaired) electrons. The van der Waals surface area contributed by atoms with E-state index in [1.165, 1.54) is 43.5 Å². The third-order valence-corrected chi connectivity index (χ3v) is 11.8. The van der Waals surface area contributed by atoms with E-state index in [-0.39, 0.29) is 33.9 Å². The summed E-state index contributed by atoms with van der Waals surface area (Å²) < 4.78 is 79.1. The number of phenolic OH excluding ortho intramolecular Hbond substituents is 1. The molecule has 3 aromatic rings. The summed E-state index contributed by atoms with van der Waals surface area (Å²) >= 11 is 17.5. The first kappa shape index (κ1) is 33.5. The van der Waals surface area contributed by atoms with E-state index in [1.54, 1.807) is 12.1 Å². The van der Waals surface area contributed by atoms with E-state index >= 15 is 8.78 Å². The number of anilines is 2. The Hall–Kier alpha value is -4.01. The fourth-order valence-electron chi connectivity index (χ4n) is 7.69. The zero-order valence-corrected chi connectivity index (χ0v) is 27.8. The highest BCUT2D eigenvalue weighted by atomic mass is 79.9. The summed E-state index contributed by atoms with van der Waals surface area (Å²) in [7, 11) is 1.23. The van der Waals surface area contributed by atoms with Crippen molar-refractivity contribution >= 4 is 74.1 Å². The maximum Gasteiger partial charge on any atom is 0.258 e. The lowest BCUT2D eigenvalue weighted by atomic mass is 9.56. The number of hydrogen-bond acceptors (Lipinski definition) is 6. The molecule has 6 unspecified atom stereocenters. The SMILES string of the molecule is COc1cccc(C2C3=CCC4C(=O)N(c5ccc(Br)cc5)C(=O)C4C3CC3(Cl)C(=O)N(c4c(F)c(F)c(F)c(F)c4F)C(=O)C23Cl)c1O. The van der Waals surface area contributed by atoms with Gasteiger partial charge in [-0.1, -0.05) is 39.7 Å². The van der Waals surface area contributed by atoms with Crippen molar-refractivity contribution < 1.29 is 51.0 Å². The van der Waals surface area contributed by atoms with Gasteiger partial charge in [0.25, 0.3) is 11.8 Å². The largest absolute Gasteiger partial charge is 0.504 e. The van der Waals surface area contributed by atoms with Crippen LogP contribution in [0.25, 0.3) is 0 Å². The Balaban J connectivity index is 1.45. The maximum absolute atomic E-state index is 15.2. The van der Waals surface area contributed by atoms with Crippen molar-refractivity contribution in [1.82, 2.24) is 0 Å². The molecule has 49 heavy (non-hydrogen) atoms. The Kier molecular flexibility index (Phi) is 7.69. The molecule has 4 aliphatic rings. The molecule has 16 heteroatoms. The van der Waals surface area contributed by atoms with Gasteiger partial charge in [-0.25, -0.2) is 26.9 Å². The van der Waals surface area contributed by atoms with E-state index in [0.29, 0.717) is 4.47 Å². The van der Waals surface area contributed by atoms with Crippen molar-refractivity contribution in [2.75, 3.05) is 16.9 Å². The van der Waals surface area contributed by atoms with Crippen molar-refractivity contribution in [2.45, 2.75) is 28.5 Å². The van der Waals surface area contributed by atoms with Gasteiger partial charge in [0.15, 0.2) is 44.5 Å². The summed E-state index contributed by atoms with van der Waals surface area (Å²) in [5.74, 6) is -22.5. The highest BCUT2D eigenvalue weighted by Crippen LogP contribution is 2.67. The number of amides is 4. The molecule has 2 saturated heterocycles. The lowest BCUT2D eigenvalue weighted by Gasteiger charge is -2.50. The number of alkyl halides is 2. The van der Waals surface area contributed by atoms with Crippen molar-refractivity contribution in [3.63, 3.8) is 0 Å². The summed E-state index contributed by atoms with van der Waals surface area (Å²) in [5.41, 5.74) is -1.60. The third kappa shape index (κ3) is 4.26. The molecule has 2 aliphatic carbocycles. The first-order chi connectivity index (χ1) is 23.1. The predicted molar refractivity (Wildman–Crippen MR) is 168 cm³/mol. The quantitative estimate of drug-likeness (QED) is 0.0797. The van der Waals surface area contributed by atoms with E-state index in [9.17, 15) is 37.5 Å². The number of hydrogen-bond donors (Lipinski definition) is 1. The van der Waals surface area contributed by atoms with Gasteiger partial charge < -0.3 is 9.84 Å². The number of nitrogens with zero attached hydrogens (tertiary/aromatic N) is 2. The van der Waals surface area contributed by atoms with Crippen LogP contribution >= 0.6 is 39.1 Å². The van der Waals surface area contributed by atoms with Crippen LogP contribution in [0.3, 0.4) is 0 Å². The van der Waals surface area contributed by atoms with Crippen LogP contribution in [0.5, 0.6) is 11.5 Å². The van der Waals surface area contributed by atoms with E-state index in [1.807, 2.05) is 0 Å². The number of methoxy groups -OCH3 is 1. The molecule has 8 nitrogen and oxygen atoms in total. The fourth-order valence-corrected chi connectivity index (χ4v) is 8.88. The fraction of sp³-hybridized carbons (Fsp3) is 0.273. The molecule has 0 spiro atoms. The second-order valence-electron chi connectivity index (χ2n) is 12.1. The van der Waals surface area contributed by atoms with Crippen molar-refractivity contribution in [3.8, 4) is 11.5 Å². The van der Waals surface area contributed by atoms with E-state index in [0.717, 1.165) is 4.90 Å². The van der Waals surface area contributed by atoms with Crippen molar-refractivity contribution in [1.29, 1.82) is 0 Å². The smallest absolute Gasteiger partial charge is 0.258 e. The van der Waals surface area contributed by atoms with Gasteiger partial charge in [0.2, 0.25) is 17.6 Å².